The number of rotatable bonds is 0. The monoisotopic (exact) mass is 236 g/mol. The highest BCUT2D eigenvalue weighted by molar-refractivity contribution is 5.84. The molecule has 1 N–H and O–H groups in total. The lowest BCUT2D eigenvalue weighted by molar-refractivity contribution is -0.183. The van der Waals surface area contributed by atoms with Gasteiger partial charge in [-0.2, -0.15) is 13.2 Å². The third kappa shape index (κ3) is 3.12. The first-order valence-electron chi connectivity index (χ1n) is 5.53. The maximum atomic E-state index is 12.6. The SMILES string of the molecule is CC(C)(C)C(=N)N1CCCC(C(F)(F)F)C1. The van der Waals surface area contributed by atoms with Crippen molar-refractivity contribution in [2.24, 2.45) is 11.3 Å². The Hall–Kier alpha value is -0.740. The maximum absolute atomic E-state index is 12.6. The minimum atomic E-state index is -4.13. The van der Waals surface area contributed by atoms with Gasteiger partial charge in [0.25, 0.3) is 0 Å². The topological polar surface area (TPSA) is 27.1 Å². The minimum Gasteiger partial charge on any atom is -0.359 e. The Bertz CT molecular complexity index is 265. The summed E-state index contributed by atoms with van der Waals surface area (Å²) in [5.41, 5.74) is -0.381. The van der Waals surface area contributed by atoms with Crippen molar-refractivity contribution >= 4 is 5.84 Å². The van der Waals surface area contributed by atoms with E-state index in [1.807, 2.05) is 20.8 Å². The van der Waals surface area contributed by atoms with E-state index in [2.05, 4.69) is 0 Å². The van der Waals surface area contributed by atoms with Gasteiger partial charge < -0.3 is 4.90 Å². The smallest absolute Gasteiger partial charge is 0.359 e. The number of amidine groups is 1. The molecule has 1 aliphatic rings. The van der Waals surface area contributed by atoms with E-state index in [9.17, 15) is 13.2 Å². The molecule has 5 heteroatoms. The molecule has 1 heterocycles. The van der Waals surface area contributed by atoms with Crippen molar-refractivity contribution in [3.05, 3.63) is 0 Å². The average Bonchev–Trinajstić information content (AvgIpc) is 2.14. The zero-order valence-corrected chi connectivity index (χ0v) is 9.99. The molecule has 94 valence electrons. The van der Waals surface area contributed by atoms with Gasteiger partial charge in [-0.3, -0.25) is 5.41 Å². The molecule has 1 saturated heterocycles. The van der Waals surface area contributed by atoms with Gasteiger partial charge in [-0.25, -0.2) is 0 Å². The Morgan fingerprint density at radius 3 is 2.25 bits per heavy atom. The van der Waals surface area contributed by atoms with Crippen molar-refractivity contribution in [1.29, 1.82) is 5.41 Å². The molecule has 0 aliphatic carbocycles. The highest BCUT2D eigenvalue weighted by atomic mass is 19.4. The quantitative estimate of drug-likeness (QED) is 0.507. The van der Waals surface area contributed by atoms with Crippen LogP contribution in [-0.2, 0) is 0 Å². The van der Waals surface area contributed by atoms with Crippen LogP contribution in [0.25, 0.3) is 0 Å². The fourth-order valence-electron chi connectivity index (χ4n) is 1.92. The molecule has 0 bridgehead atoms. The summed E-state index contributed by atoms with van der Waals surface area (Å²) < 4.78 is 37.7. The molecule has 1 aliphatic heterocycles. The molecule has 1 unspecified atom stereocenters. The molecule has 0 aromatic heterocycles. The molecule has 0 spiro atoms. The van der Waals surface area contributed by atoms with Crippen LogP contribution >= 0.6 is 0 Å². The number of halogens is 3. The van der Waals surface area contributed by atoms with Crippen LogP contribution in [0, 0.1) is 16.7 Å². The average molecular weight is 236 g/mol. The van der Waals surface area contributed by atoms with Crippen LogP contribution in [0.1, 0.15) is 33.6 Å². The predicted molar refractivity (Wildman–Crippen MR) is 57.5 cm³/mol. The summed E-state index contributed by atoms with van der Waals surface area (Å²) >= 11 is 0. The molecular formula is C11H19F3N2. The lowest BCUT2D eigenvalue weighted by atomic mass is 9.90. The highest BCUT2D eigenvalue weighted by Gasteiger charge is 2.43. The van der Waals surface area contributed by atoms with Crippen molar-refractivity contribution in [2.45, 2.75) is 39.8 Å². The molecule has 1 atom stereocenters. The number of hydrogen-bond acceptors (Lipinski definition) is 1. The largest absolute Gasteiger partial charge is 0.393 e. The summed E-state index contributed by atoms with van der Waals surface area (Å²) in [4.78, 5) is 1.57. The summed E-state index contributed by atoms with van der Waals surface area (Å²) in [6, 6.07) is 0. The molecule has 16 heavy (non-hydrogen) atoms. The van der Waals surface area contributed by atoms with E-state index in [1.54, 1.807) is 4.90 Å². The summed E-state index contributed by atoms with van der Waals surface area (Å²) in [6.07, 6.45) is -3.42. The summed E-state index contributed by atoms with van der Waals surface area (Å²) in [7, 11) is 0. The van der Waals surface area contributed by atoms with Gasteiger partial charge >= 0.3 is 6.18 Å². The van der Waals surface area contributed by atoms with Gasteiger partial charge in [0.1, 0.15) is 5.84 Å². The van der Waals surface area contributed by atoms with Gasteiger partial charge in [0.15, 0.2) is 0 Å². The maximum Gasteiger partial charge on any atom is 0.393 e. The fraction of sp³-hybridized carbons (Fsp3) is 0.909. The summed E-state index contributed by atoms with van der Waals surface area (Å²) in [5.74, 6) is -0.967. The van der Waals surface area contributed by atoms with Crippen molar-refractivity contribution in [3.8, 4) is 0 Å². The Morgan fingerprint density at radius 2 is 1.81 bits per heavy atom. The van der Waals surface area contributed by atoms with Crippen LogP contribution < -0.4 is 0 Å². The Balaban J connectivity index is 2.68. The second-order valence-electron chi connectivity index (χ2n) is 5.43. The highest BCUT2D eigenvalue weighted by Crippen LogP contribution is 2.34. The normalized spacial score (nSPS) is 23.4. The number of hydrogen-bond donors (Lipinski definition) is 1. The number of piperidine rings is 1. The van der Waals surface area contributed by atoms with Gasteiger partial charge in [0.05, 0.1) is 5.92 Å². The molecule has 2 nitrogen and oxygen atoms in total. The predicted octanol–water partition coefficient (Wildman–Crippen LogP) is 3.28. The minimum absolute atomic E-state index is 0.0559. The Labute approximate surface area is 94.3 Å². The second kappa shape index (κ2) is 4.26. The van der Waals surface area contributed by atoms with E-state index >= 15 is 0 Å². The third-order valence-electron chi connectivity index (χ3n) is 2.91. The number of nitrogens with zero attached hydrogens (tertiary/aromatic N) is 1. The number of nitrogens with one attached hydrogen (secondary N) is 1. The Kier molecular flexibility index (Phi) is 3.55. The van der Waals surface area contributed by atoms with Gasteiger partial charge in [0, 0.05) is 18.5 Å². The van der Waals surface area contributed by atoms with Crippen molar-refractivity contribution < 1.29 is 13.2 Å². The first-order chi connectivity index (χ1) is 7.12. The van der Waals surface area contributed by atoms with E-state index in [0.717, 1.165) is 0 Å². The van der Waals surface area contributed by atoms with Gasteiger partial charge in [-0.05, 0) is 12.8 Å². The van der Waals surface area contributed by atoms with E-state index < -0.39 is 12.1 Å². The first kappa shape index (κ1) is 13.3. The lowest BCUT2D eigenvalue weighted by Gasteiger charge is -2.39. The van der Waals surface area contributed by atoms with E-state index in [4.69, 9.17) is 5.41 Å². The Morgan fingerprint density at radius 1 is 1.25 bits per heavy atom. The molecule has 0 aromatic carbocycles. The molecule has 0 amide bonds. The molecule has 0 aromatic rings. The molecule has 0 saturated carbocycles. The molecule has 1 fully saturated rings. The van der Waals surface area contributed by atoms with E-state index in [1.165, 1.54) is 0 Å². The summed E-state index contributed by atoms with van der Waals surface area (Å²) in [5, 5.41) is 7.89. The van der Waals surface area contributed by atoms with Crippen LogP contribution in [0.5, 0.6) is 0 Å². The van der Waals surface area contributed by atoms with Gasteiger partial charge in [0.2, 0.25) is 0 Å². The van der Waals surface area contributed by atoms with Crippen molar-refractivity contribution in [3.63, 3.8) is 0 Å². The molecule has 1 rings (SSSR count). The second-order valence-corrected chi connectivity index (χ2v) is 5.43. The number of alkyl halides is 3. The van der Waals surface area contributed by atoms with Gasteiger partial charge in [-0.1, -0.05) is 20.8 Å². The van der Waals surface area contributed by atoms with Crippen LogP contribution in [0.2, 0.25) is 0 Å². The van der Waals surface area contributed by atoms with E-state index in [0.29, 0.717) is 18.8 Å². The zero-order valence-electron chi connectivity index (χ0n) is 9.99. The van der Waals surface area contributed by atoms with E-state index in [-0.39, 0.29) is 18.4 Å². The van der Waals surface area contributed by atoms with Crippen LogP contribution in [0.15, 0.2) is 0 Å². The van der Waals surface area contributed by atoms with Gasteiger partial charge in [-0.15, -0.1) is 0 Å². The third-order valence-corrected chi connectivity index (χ3v) is 2.91. The summed E-state index contributed by atoms with van der Waals surface area (Å²) in [6.45, 7) is 6.08. The fourth-order valence-corrected chi connectivity index (χ4v) is 1.92. The van der Waals surface area contributed by atoms with Crippen molar-refractivity contribution in [2.75, 3.05) is 13.1 Å². The van der Waals surface area contributed by atoms with Crippen LogP contribution in [0.4, 0.5) is 13.2 Å². The van der Waals surface area contributed by atoms with Crippen LogP contribution in [0.3, 0.4) is 0 Å². The molecular weight excluding hydrogens is 217 g/mol. The number of likely N-dealkylation sites (tertiary alicyclic amines) is 1. The standard InChI is InChI=1S/C11H19F3N2/c1-10(2,3)9(15)16-6-4-5-8(7-16)11(12,13)14/h8,15H,4-7H2,1-3H3. The first-order valence-corrected chi connectivity index (χ1v) is 5.53. The lowest BCUT2D eigenvalue weighted by Crippen LogP contribution is -2.48. The van der Waals surface area contributed by atoms with Crippen molar-refractivity contribution in [1.82, 2.24) is 4.90 Å². The van der Waals surface area contributed by atoms with Crippen LogP contribution in [-0.4, -0.2) is 30.0 Å². The molecule has 0 radical (unpaired) electrons. The zero-order chi connectivity index (χ0) is 12.6.